The van der Waals surface area contributed by atoms with Gasteiger partial charge in [0.2, 0.25) is 0 Å². The highest BCUT2D eigenvalue weighted by molar-refractivity contribution is 7.84. The first-order valence-corrected chi connectivity index (χ1v) is 7.73. The van der Waals surface area contributed by atoms with Crippen molar-refractivity contribution >= 4 is 28.3 Å². The van der Waals surface area contributed by atoms with Crippen LogP contribution in [0.15, 0.2) is 12.3 Å². The van der Waals surface area contributed by atoms with Crippen LogP contribution in [0.1, 0.15) is 23.7 Å². The average molecular weight is 285 g/mol. The number of nitrogen functional groups attached to an aromatic ring is 1. The fourth-order valence-corrected chi connectivity index (χ4v) is 2.02. The molecule has 0 bridgehead atoms. The van der Waals surface area contributed by atoms with Crippen LogP contribution in [-0.2, 0) is 15.5 Å². The molecule has 1 atom stereocenters. The maximum Gasteiger partial charge on any atom is 0.341 e. The summed E-state index contributed by atoms with van der Waals surface area (Å²) in [7, 11) is -0.816. The molecule has 0 saturated carbocycles. The van der Waals surface area contributed by atoms with E-state index in [4.69, 9.17) is 10.5 Å². The zero-order chi connectivity index (χ0) is 14.3. The van der Waals surface area contributed by atoms with E-state index in [0.29, 0.717) is 36.0 Å². The standard InChI is InChI=1S/C12H19N3O3S/c1-3-18-12(16)10-7-9(13)8-15-11(10)14-5-4-6-19(2)17/h7-8H,3-6,13H2,1-2H3,(H,14,15). The molecule has 0 saturated heterocycles. The first-order chi connectivity index (χ1) is 9.04. The molecule has 7 heteroatoms. The monoisotopic (exact) mass is 285 g/mol. The van der Waals surface area contributed by atoms with Crippen molar-refractivity contribution in [3.05, 3.63) is 17.8 Å². The fourth-order valence-electron chi connectivity index (χ4n) is 1.47. The molecule has 19 heavy (non-hydrogen) atoms. The summed E-state index contributed by atoms with van der Waals surface area (Å²) in [5, 5.41) is 3.03. The van der Waals surface area contributed by atoms with Crippen LogP contribution in [0.3, 0.4) is 0 Å². The highest BCUT2D eigenvalue weighted by Crippen LogP contribution is 2.16. The maximum atomic E-state index is 11.8. The van der Waals surface area contributed by atoms with Gasteiger partial charge < -0.3 is 15.8 Å². The number of hydrogen-bond donors (Lipinski definition) is 2. The molecular formula is C12H19N3O3S. The molecule has 0 aromatic carbocycles. The smallest absolute Gasteiger partial charge is 0.341 e. The lowest BCUT2D eigenvalue weighted by atomic mass is 10.2. The third-order valence-corrected chi connectivity index (χ3v) is 3.17. The number of anilines is 2. The molecule has 1 heterocycles. The number of nitrogens with zero attached hydrogens (tertiary/aromatic N) is 1. The number of carbonyl (C=O) groups excluding carboxylic acids is 1. The fraction of sp³-hybridized carbons (Fsp3) is 0.500. The number of aromatic nitrogens is 1. The largest absolute Gasteiger partial charge is 0.462 e. The third-order valence-electron chi connectivity index (χ3n) is 2.31. The Labute approximate surface area is 115 Å². The first kappa shape index (κ1) is 15.4. The second kappa shape index (κ2) is 7.73. The Kier molecular flexibility index (Phi) is 6.27. The van der Waals surface area contributed by atoms with Crippen molar-refractivity contribution in [1.29, 1.82) is 0 Å². The molecular weight excluding hydrogens is 266 g/mol. The van der Waals surface area contributed by atoms with E-state index in [1.54, 1.807) is 13.2 Å². The molecule has 0 spiro atoms. The van der Waals surface area contributed by atoms with Crippen molar-refractivity contribution in [2.45, 2.75) is 13.3 Å². The van der Waals surface area contributed by atoms with Gasteiger partial charge in [0.15, 0.2) is 0 Å². The Balaban J connectivity index is 2.70. The van der Waals surface area contributed by atoms with Crippen LogP contribution in [0, 0.1) is 0 Å². The molecule has 3 N–H and O–H groups in total. The number of carbonyl (C=O) groups is 1. The van der Waals surface area contributed by atoms with Crippen molar-refractivity contribution in [1.82, 2.24) is 4.98 Å². The Bertz CT molecular complexity index is 466. The Morgan fingerprint density at radius 2 is 2.32 bits per heavy atom. The summed E-state index contributed by atoms with van der Waals surface area (Å²) in [6.45, 7) is 2.62. The Hall–Kier alpha value is -1.63. The lowest BCUT2D eigenvalue weighted by Gasteiger charge is -2.10. The van der Waals surface area contributed by atoms with Gasteiger partial charge in [0.25, 0.3) is 0 Å². The summed E-state index contributed by atoms with van der Waals surface area (Å²) in [4.78, 5) is 15.8. The van der Waals surface area contributed by atoms with Crippen LogP contribution >= 0.6 is 0 Å². The number of nitrogens with two attached hydrogens (primary N) is 1. The van der Waals surface area contributed by atoms with Crippen molar-refractivity contribution in [3.63, 3.8) is 0 Å². The van der Waals surface area contributed by atoms with Gasteiger partial charge in [-0.2, -0.15) is 0 Å². The minimum atomic E-state index is -0.816. The first-order valence-electron chi connectivity index (χ1n) is 6.01. The topological polar surface area (TPSA) is 94.3 Å². The molecule has 1 unspecified atom stereocenters. The van der Waals surface area contributed by atoms with E-state index >= 15 is 0 Å². The molecule has 0 fully saturated rings. The summed E-state index contributed by atoms with van der Waals surface area (Å²) < 4.78 is 15.9. The molecule has 0 aliphatic heterocycles. The molecule has 1 aromatic rings. The number of esters is 1. The van der Waals surface area contributed by atoms with Crippen molar-refractivity contribution in [2.24, 2.45) is 0 Å². The number of ether oxygens (including phenoxy) is 1. The van der Waals surface area contributed by atoms with Gasteiger partial charge in [-0.1, -0.05) is 0 Å². The van der Waals surface area contributed by atoms with E-state index in [9.17, 15) is 9.00 Å². The molecule has 0 aliphatic carbocycles. The van der Waals surface area contributed by atoms with Crippen LogP contribution in [0.4, 0.5) is 11.5 Å². The van der Waals surface area contributed by atoms with Gasteiger partial charge in [-0.25, -0.2) is 9.78 Å². The highest BCUT2D eigenvalue weighted by atomic mass is 32.2. The van der Waals surface area contributed by atoms with Crippen LogP contribution in [0.25, 0.3) is 0 Å². The normalized spacial score (nSPS) is 11.9. The second-order valence-corrected chi connectivity index (χ2v) is 5.50. The van der Waals surface area contributed by atoms with Crippen molar-refractivity contribution < 1.29 is 13.7 Å². The SMILES string of the molecule is CCOC(=O)c1cc(N)cnc1NCCCS(C)=O. The van der Waals surface area contributed by atoms with Crippen LogP contribution < -0.4 is 11.1 Å². The van der Waals surface area contributed by atoms with Crippen LogP contribution in [0.2, 0.25) is 0 Å². The van der Waals surface area contributed by atoms with Gasteiger partial charge in [0.1, 0.15) is 11.4 Å². The Morgan fingerprint density at radius 1 is 1.58 bits per heavy atom. The average Bonchev–Trinajstić information content (AvgIpc) is 2.36. The highest BCUT2D eigenvalue weighted by Gasteiger charge is 2.14. The van der Waals surface area contributed by atoms with E-state index in [1.807, 2.05) is 0 Å². The lowest BCUT2D eigenvalue weighted by Crippen LogP contribution is -2.14. The summed E-state index contributed by atoms with van der Waals surface area (Å²) in [5.74, 6) is 0.592. The van der Waals surface area contributed by atoms with E-state index in [0.717, 1.165) is 6.42 Å². The van der Waals surface area contributed by atoms with E-state index in [-0.39, 0.29) is 0 Å². The van der Waals surface area contributed by atoms with E-state index < -0.39 is 16.8 Å². The molecule has 0 radical (unpaired) electrons. The summed E-state index contributed by atoms with van der Waals surface area (Å²) in [6.07, 6.45) is 3.87. The molecule has 0 amide bonds. The van der Waals surface area contributed by atoms with Gasteiger partial charge in [0, 0.05) is 29.4 Å². The summed E-state index contributed by atoms with van der Waals surface area (Å²) >= 11 is 0. The zero-order valence-corrected chi connectivity index (χ0v) is 12.0. The maximum absolute atomic E-state index is 11.8. The van der Waals surface area contributed by atoms with Gasteiger partial charge in [-0.3, -0.25) is 4.21 Å². The summed E-state index contributed by atoms with van der Waals surface area (Å²) in [5.41, 5.74) is 6.34. The van der Waals surface area contributed by atoms with Crippen molar-refractivity contribution in [3.8, 4) is 0 Å². The van der Waals surface area contributed by atoms with E-state index in [2.05, 4.69) is 10.3 Å². The quantitative estimate of drug-likeness (QED) is 0.574. The molecule has 1 aromatic heterocycles. The molecule has 1 rings (SSSR count). The van der Waals surface area contributed by atoms with Crippen molar-refractivity contribution in [2.75, 3.05) is 36.2 Å². The van der Waals surface area contributed by atoms with Crippen LogP contribution in [0.5, 0.6) is 0 Å². The third kappa shape index (κ3) is 5.25. The lowest BCUT2D eigenvalue weighted by molar-refractivity contribution is 0.0527. The summed E-state index contributed by atoms with van der Waals surface area (Å²) in [6, 6.07) is 1.53. The Morgan fingerprint density at radius 3 is 2.95 bits per heavy atom. The number of pyridine rings is 1. The van der Waals surface area contributed by atoms with Gasteiger partial charge in [-0.05, 0) is 19.4 Å². The molecule has 106 valence electrons. The van der Waals surface area contributed by atoms with Gasteiger partial charge in [0.05, 0.1) is 18.5 Å². The predicted octanol–water partition coefficient (Wildman–Crippen LogP) is 1.02. The second-order valence-electron chi connectivity index (χ2n) is 3.94. The van der Waals surface area contributed by atoms with Gasteiger partial charge >= 0.3 is 5.97 Å². The van der Waals surface area contributed by atoms with Gasteiger partial charge in [-0.15, -0.1) is 0 Å². The number of hydrogen-bond acceptors (Lipinski definition) is 6. The van der Waals surface area contributed by atoms with E-state index in [1.165, 1.54) is 12.3 Å². The minimum Gasteiger partial charge on any atom is -0.462 e. The molecule has 6 nitrogen and oxygen atoms in total. The zero-order valence-electron chi connectivity index (χ0n) is 11.1. The van der Waals surface area contributed by atoms with Crippen LogP contribution in [-0.4, -0.2) is 40.3 Å². The molecule has 0 aliphatic rings. The minimum absolute atomic E-state index is 0.294. The predicted molar refractivity (Wildman–Crippen MR) is 76.6 cm³/mol. The number of nitrogens with one attached hydrogen (secondary N) is 1. The number of rotatable bonds is 7.